The van der Waals surface area contributed by atoms with Gasteiger partial charge < -0.3 is 9.84 Å². The lowest BCUT2D eigenvalue weighted by Gasteiger charge is -2.04. The van der Waals surface area contributed by atoms with E-state index >= 15 is 0 Å². The third kappa shape index (κ3) is 3.01. The van der Waals surface area contributed by atoms with Crippen molar-refractivity contribution in [1.82, 2.24) is 10.2 Å². The molecule has 1 aromatic heterocycles. The topological polar surface area (TPSA) is 72.3 Å². The molecule has 1 heterocycles. The maximum absolute atomic E-state index is 10.7. The maximum atomic E-state index is 10.7. The minimum Gasteiger partial charge on any atom is -0.478 e. The van der Waals surface area contributed by atoms with Gasteiger partial charge in [0.05, 0.1) is 11.8 Å². The van der Waals surface area contributed by atoms with Crippen LogP contribution in [-0.4, -0.2) is 21.3 Å². The Morgan fingerprint density at radius 2 is 2.06 bits per heavy atom. The summed E-state index contributed by atoms with van der Waals surface area (Å²) >= 11 is 0. The molecule has 0 aliphatic heterocycles. The number of hydrogen-bond donors (Lipinski definition) is 1. The van der Waals surface area contributed by atoms with Gasteiger partial charge in [-0.2, -0.15) is 5.10 Å². The van der Waals surface area contributed by atoms with Crippen molar-refractivity contribution in [3.05, 3.63) is 53.7 Å². The molecule has 86 valence electrons. The third-order valence-corrected chi connectivity index (χ3v) is 2.11. The van der Waals surface area contributed by atoms with Crippen LogP contribution in [0, 0.1) is 0 Å². The van der Waals surface area contributed by atoms with Gasteiger partial charge in [-0.25, -0.2) is 4.79 Å². The second-order valence-electron chi connectivity index (χ2n) is 3.36. The first-order valence-corrected chi connectivity index (χ1v) is 4.98. The summed E-state index contributed by atoms with van der Waals surface area (Å²) in [5.41, 5.74) is 1.04. The zero-order valence-corrected chi connectivity index (χ0v) is 8.91. The summed E-state index contributed by atoms with van der Waals surface area (Å²) in [7, 11) is 0. The van der Waals surface area contributed by atoms with Gasteiger partial charge in [0.2, 0.25) is 5.88 Å². The lowest BCUT2D eigenvalue weighted by Crippen LogP contribution is -2.02. The highest BCUT2D eigenvalue weighted by Gasteiger charge is 2.06. The van der Waals surface area contributed by atoms with Gasteiger partial charge in [0.25, 0.3) is 0 Å². The molecule has 2 rings (SSSR count). The van der Waals surface area contributed by atoms with Crippen molar-refractivity contribution >= 4 is 5.97 Å². The summed E-state index contributed by atoms with van der Waals surface area (Å²) in [5.74, 6) is -0.849. The number of benzene rings is 1. The van der Waals surface area contributed by atoms with Crippen molar-refractivity contribution in [2.75, 3.05) is 0 Å². The number of carboxylic acid groups (broad SMARTS) is 1. The zero-order valence-electron chi connectivity index (χ0n) is 8.91. The summed E-state index contributed by atoms with van der Waals surface area (Å²) in [6, 6.07) is 10.9. The summed E-state index contributed by atoms with van der Waals surface area (Å²) < 4.78 is 5.35. The first kappa shape index (κ1) is 11.1. The number of aromatic nitrogens is 2. The van der Waals surface area contributed by atoms with Crippen LogP contribution >= 0.6 is 0 Å². The fraction of sp³-hybridized carbons (Fsp3) is 0.0833. The normalized spacial score (nSPS) is 9.88. The number of rotatable bonds is 4. The number of carbonyl (C=O) groups is 1. The van der Waals surface area contributed by atoms with E-state index in [-0.39, 0.29) is 11.4 Å². The van der Waals surface area contributed by atoms with Crippen molar-refractivity contribution in [3.63, 3.8) is 0 Å². The van der Waals surface area contributed by atoms with E-state index in [1.807, 2.05) is 30.3 Å². The average molecular weight is 230 g/mol. The molecule has 5 nitrogen and oxygen atoms in total. The summed E-state index contributed by atoms with van der Waals surface area (Å²) in [4.78, 5) is 10.7. The molecule has 0 spiro atoms. The molecule has 0 saturated carbocycles. The van der Waals surface area contributed by atoms with E-state index in [2.05, 4.69) is 10.2 Å². The predicted octanol–water partition coefficient (Wildman–Crippen LogP) is 1.75. The van der Waals surface area contributed by atoms with E-state index in [1.165, 1.54) is 12.3 Å². The highest BCUT2D eigenvalue weighted by atomic mass is 16.5. The Bertz CT molecular complexity index is 514. The second-order valence-corrected chi connectivity index (χ2v) is 3.36. The first-order valence-electron chi connectivity index (χ1n) is 4.98. The highest BCUT2D eigenvalue weighted by Crippen LogP contribution is 2.10. The summed E-state index contributed by atoms with van der Waals surface area (Å²) in [6.45, 7) is 0.332. The molecule has 0 atom stereocenters. The molecular formula is C12H10N2O3. The van der Waals surface area contributed by atoms with Crippen LogP contribution in [0.15, 0.2) is 42.6 Å². The third-order valence-electron chi connectivity index (χ3n) is 2.11. The van der Waals surface area contributed by atoms with Crippen molar-refractivity contribution in [3.8, 4) is 5.88 Å². The van der Waals surface area contributed by atoms with E-state index < -0.39 is 5.97 Å². The van der Waals surface area contributed by atoms with E-state index in [0.717, 1.165) is 5.56 Å². The predicted molar refractivity (Wildman–Crippen MR) is 59.8 cm³/mol. The van der Waals surface area contributed by atoms with E-state index in [9.17, 15) is 4.79 Å². The quantitative estimate of drug-likeness (QED) is 0.866. The van der Waals surface area contributed by atoms with Gasteiger partial charge in [0.1, 0.15) is 6.61 Å². The Morgan fingerprint density at radius 3 is 2.76 bits per heavy atom. The van der Waals surface area contributed by atoms with Crippen LogP contribution < -0.4 is 4.74 Å². The number of ether oxygens (including phenoxy) is 1. The van der Waals surface area contributed by atoms with E-state index in [4.69, 9.17) is 9.84 Å². The monoisotopic (exact) mass is 230 g/mol. The van der Waals surface area contributed by atoms with Gasteiger partial charge in [-0.3, -0.25) is 0 Å². The minimum absolute atomic E-state index is 0.0584. The van der Waals surface area contributed by atoms with Crippen molar-refractivity contribution in [2.24, 2.45) is 0 Å². The van der Waals surface area contributed by atoms with Gasteiger partial charge in [-0.1, -0.05) is 30.3 Å². The van der Waals surface area contributed by atoms with Crippen LogP contribution in [0.1, 0.15) is 15.9 Å². The lowest BCUT2D eigenvalue weighted by atomic mass is 10.2. The first-order chi connectivity index (χ1) is 8.25. The Kier molecular flexibility index (Phi) is 3.30. The van der Waals surface area contributed by atoms with Gasteiger partial charge in [0, 0.05) is 6.07 Å². The molecule has 17 heavy (non-hydrogen) atoms. The SMILES string of the molecule is O=C(O)c1cnnc(OCc2ccccc2)c1. The largest absolute Gasteiger partial charge is 0.478 e. The van der Waals surface area contributed by atoms with Crippen molar-refractivity contribution in [2.45, 2.75) is 6.61 Å². The second kappa shape index (κ2) is 5.07. The van der Waals surface area contributed by atoms with Crippen molar-refractivity contribution < 1.29 is 14.6 Å². The molecule has 0 amide bonds. The Hall–Kier alpha value is -2.43. The highest BCUT2D eigenvalue weighted by molar-refractivity contribution is 5.87. The average Bonchev–Trinajstić information content (AvgIpc) is 2.38. The minimum atomic E-state index is -1.05. The molecule has 0 fully saturated rings. The van der Waals surface area contributed by atoms with Gasteiger partial charge in [0.15, 0.2) is 0 Å². The Morgan fingerprint density at radius 1 is 1.29 bits per heavy atom. The van der Waals surface area contributed by atoms with Crippen LogP contribution in [0.5, 0.6) is 5.88 Å². The Balaban J connectivity index is 2.04. The fourth-order valence-corrected chi connectivity index (χ4v) is 1.27. The van der Waals surface area contributed by atoms with Gasteiger partial charge in [-0.15, -0.1) is 5.10 Å². The fourth-order valence-electron chi connectivity index (χ4n) is 1.27. The van der Waals surface area contributed by atoms with Crippen LogP contribution in [0.2, 0.25) is 0 Å². The molecule has 0 aliphatic rings. The lowest BCUT2D eigenvalue weighted by molar-refractivity contribution is 0.0695. The van der Waals surface area contributed by atoms with E-state index in [1.54, 1.807) is 0 Å². The molecule has 2 aromatic rings. The van der Waals surface area contributed by atoms with E-state index in [0.29, 0.717) is 6.61 Å². The van der Waals surface area contributed by atoms with Crippen LogP contribution in [0.4, 0.5) is 0 Å². The number of hydrogen-bond acceptors (Lipinski definition) is 4. The van der Waals surface area contributed by atoms with Crippen LogP contribution in [-0.2, 0) is 6.61 Å². The molecule has 1 N–H and O–H groups in total. The molecule has 1 aromatic carbocycles. The maximum Gasteiger partial charge on any atom is 0.337 e. The molecule has 0 bridgehead atoms. The van der Waals surface area contributed by atoms with Gasteiger partial charge in [-0.05, 0) is 5.56 Å². The standard InChI is InChI=1S/C12H10N2O3/c15-12(16)10-6-11(14-13-7-10)17-8-9-4-2-1-3-5-9/h1-7H,8H2,(H,15,16). The van der Waals surface area contributed by atoms with Crippen LogP contribution in [0.25, 0.3) is 0 Å². The molecular weight excluding hydrogens is 220 g/mol. The molecule has 0 saturated heterocycles. The number of aromatic carboxylic acids is 1. The summed E-state index contributed by atoms with van der Waals surface area (Å²) in [5, 5.41) is 16.0. The van der Waals surface area contributed by atoms with Crippen LogP contribution in [0.3, 0.4) is 0 Å². The number of nitrogens with zero attached hydrogens (tertiary/aromatic N) is 2. The molecule has 0 radical (unpaired) electrons. The zero-order chi connectivity index (χ0) is 12.1. The summed E-state index contributed by atoms with van der Waals surface area (Å²) in [6.07, 6.45) is 1.18. The Labute approximate surface area is 97.7 Å². The molecule has 5 heteroatoms. The molecule has 0 unspecified atom stereocenters. The molecule has 0 aliphatic carbocycles. The number of carboxylic acids is 1. The smallest absolute Gasteiger partial charge is 0.337 e. The van der Waals surface area contributed by atoms with Gasteiger partial charge >= 0.3 is 5.97 Å². The van der Waals surface area contributed by atoms with Crippen molar-refractivity contribution in [1.29, 1.82) is 0 Å².